The van der Waals surface area contributed by atoms with Gasteiger partial charge in [0.2, 0.25) is 6.41 Å². The molecule has 4 N–H and O–H groups in total. The normalized spacial score (nSPS) is 24.8. The Morgan fingerprint density at radius 1 is 1.13 bits per heavy atom. The monoisotopic (exact) mass is 517 g/mol. The molecule has 0 saturated carbocycles. The molecule has 1 aromatic heterocycles. The lowest BCUT2D eigenvalue weighted by Gasteiger charge is -2.60. The molecule has 1 aliphatic carbocycles. The van der Waals surface area contributed by atoms with E-state index in [0.717, 1.165) is 72.9 Å². The molecule has 202 valence electrons. The van der Waals surface area contributed by atoms with Gasteiger partial charge in [-0.1, -0.05) is 37.1 Å². The Kier molecular flexibility index (Phi) is 7.34. The van der Waals surface area contributed by atoms with Gasteiger partial charge in [-0.15, -0.1) is 0 Å². The van der Waals surface area contributed by atoms with E-state index in [0.29, 0.717) is 31.4 Å². The molecule has 2 bridgehead atoms. The Labute approximate surface area is 224 Å². The summed E-state index contributed by atoms with van der Waals surface area (Å²) in [6.45, 7) is 6.38. The molecule has 1 amide bonds. The van der Waals surface area contributed by atoms with E-state index in [1.54, 1.807) is 6.07 Å². The number of likely N-dealkylation sites (tertiary alicyclic amines) is 1. The number of rotatable bonds is 10. The Balaban J connectivity index is 1.48. The zero-order chi connectivity index (χ0) is 26.9. The number of unbranched alkanes of at least 4 members (excludes halogenated alkanes) is 3. The number of phenols is 2. The van der Waals surface area contributed by atoms with Crippen LogP contribution in [-0.2, 0) is 23.1 Å². The first-order valence-electron chi connectivity index (χ1n) is 13.8. The van der Waals surface area contributed by atoms with E-state index < -0.39 is 11.0 Å². The highest BCUT2D eigenvalue weighted by atomic mass is 16.3. The number of fused-ring (bicyclic) bond motifs is 5. The van der Waals surface area contributed by atoms with Crippen molar-refractivity contribution >= 4 is 17.3 Å². The zero-order valence-electron chi connectivity index (χ0n) is 22.4. The number of nitrogens with one attached hydrogen (secondary N) is 1. The summed E-state index contributed by atoms with van der Waals surface area (Å²) in [7, 11) is 0. The first-order chi connectivity index (χ1) is 18.3. The standard InChI is InChI=1S/C31H39N3O4/c1-21-17-22-9-5-6-10-24(22)33-25(21)19-31-13-16-34(15-8-4-3-7-14-32-20-35)27(30(31,2)38)18-23-11-12-26(36)29(37)28(23)31/h5-6,9-12,17,20,27,36-38H,3-4,7-8,13-16,18-19H2,1-2H3,(H,32,35). The first-order valence-corrected chi connectivity index (χ1v) is 13.8. The largest absolute Gasteiger partial charge is 0.504 e. The molecule has 2 heterocycles. The highest BCUT2D eigenvalue weighted by molar-refractivity contribution is 5.79. The maximum absolute atomic E-state index is 12.4. The van der Waals surface area contributed by atoms with E-state index in [2.05, 4.69) is 29.3 Å². The second-order valence-electron chi connectivity index (χ2n) is 11.3. The Hall–Kier alpha value is -3.16. The van der Waals surface area contributed by atoms with E-state index in [4.69, 9.17) is 4.98 Å². The molecule has 5 rings (SSSR count). The molecule has 3 atom stereocenters. The van der Waals surface area contributed by atoms with Crippen LogP contribution < -0.4 is 5.32 Å². The van der Waals surface area contributed by atoms with Crippen molar-refractivity contribution in [2.24, 2.45) is 0 Å². The summed E-state index contributed by atoms with van der Waals surface area (Å²) >= 11 is 0. The molecule has 0 radical (unpaired) electrons. The zero-order valence-corrected chi connectivity index (χ0v) is 22.4. The number of benzene rings is 2. The van der Waals surface area contributed by atoms with Crippen molar-refractivity contribution in [2.75, 3.05) is 19.6 Å². The smallest absolute Gasteiger partial charge is 0.207 e. The number of phenolic OH excluding ortho intramolecular Hbond substituents is 2. The van der Waals surface area contributed by atoms with Crippen molar-refractivity contribution in [3.63, 3.8) is 0 Å². The van der Waals surface area contributed by atoms with E-state index in [1.807, 2.05) is 31.2 Å². The molecule has 1 fully saturated rings. The van der Waals surface area contributed by atoms with Gasteiger partial charge in [0.05, 0.1) is 11.1 Å². The summed E-state index contributed by atoms with van der Waals surface area (Å²) in [6, 6.07) is 13.6. The van der Waals surface area contributed by atoms with Crippen molar-refractivity contribution in [1.82, 2.24) is 15.2 Å². The third kappa shape index (κ3) is 4.52. The molecule has 7 nitrogen and oxygen atoms in total. The number of piperidine rings is 1. The highest BCUT2D eigenvalue weighted by Gasteiger charge is 2.61. The minimum atomic E-state index is -1.14. The summed E-state index contributed by atoms with van der Waals surface area (Å²) in [6.07, 6.45) is 6.62. The van der Waals surface area contributed by atoms with Gasteiger partial charge in [0.15, 0.2) is 11.5 Å². The van der Waals surface area contributed by atoms with Gasteiger partial charge in [0.25, 0.3) is 0 Å². The Morgan fingerprint density at radius 3 is 2.74 bits per heavy atom. The molecule has 1 aliphatic heterocycles. The predicted molar refractivity (Wildman–Crippen MR) is 148 cm³/mol. The number of aliphatic hydroxyl groups is 1. The molecule has 0 spiro atoms. The fraction of sp³-hybridized carbons (Fsp3) is 0.484. The quantitative estimate of drug-likeness (QED) is 0.183. The van der Waals surface area contributed by atoms with Crippen molar-refractivity contribution in [1.29, 1.82) is 0 Å². The fourth-order valence-corrected chi connectivity index (χ4v) is 6.96. The molecular weight excluding hydrogens is 478 g/mol. The lowest BCUT2D eigenvalue weighted by molar-refractivity contribution is -0.135. The number of aromatic hydroxyl groups is 2. The van der Waals surface area contributed by atoms with Crippen molar-refractivity contribution < 1.29 is 20.1 Å². The van der Waals surface area contributed by atoms with Crippen LogP contribution in [0, 0.1) is 6.92 Å². The fourth-order valence-electron chi connectivity index (χ4n) is 6.96. The number of carbonyl (C=O) groups is 1. The van der Waals surface area contributed by atoms with Crippen LogP contribution in [-0.4, -0.2) is 62.9 Å². The summed E-state index contributed by atoms with van der Waals surface area (Å²) in [5, 5.41) is 37.9. The van der Waals surface area contributed by atoms with Crippen LogP contribution in [0.4, 0.5) is 0 Å². The molecule has 2 aromatic carbocycles. The Morgan fingerprint density at radius 2 is 1.92 bits per heavy atom. The van der Waals surface area contributed by atoms with Gasteiger partial charge in [0, 0.05) is 41.1 Å². The lowest BCUT2D eigenvalue weighted by atomic mass is 9.53. The third-order valence-corrected chi connectivity index (χ3v) is 9.11. The summed E-state index contributed by atoms with van der Waals surface area (Å²) in [5.41, 5.74) is 2.62. The SMILES string of the molecule is Cc1cc2ccccc2nc1CC12CCN(CCCCCCNC=O)C(Cc3ccc(O)c(O)c31)C2(C)O. The number of nitrogens with zero attached hydrogens (tertiary/aromatic N) is 2. The van der Waals surface area contributed by atoms with Crippen LogP contribution in [0.25, 0.3) is 10.9 Å². The molecule has 3 aromatic rings. The van der Waals surface area contributed by atoms with E-state index in [-0.39, 0.29) is 17.5 Å². The van der Waals surface area contributed by atoms with Crippen LogP contribution in [0.5, 0.6) is 11.5 Å². The van der Waals surface area contributed by atoms with Crippen LogP contribution >= 0.6 is 0 Å². The number of para-hydroxylation sites is 1. The molecule has 3 unspecified atom stereocenters. The topological polar surface area (TPSA) is 106 Å². The van der Waals surface area contributed by atoms with Gasteiger partial charge in [-0.25, -0.2) is 0 Å². The van der Waals surface area contributed by atoms with Gasteiger partial charge in [-0.2, -0.15) is 0 Å². The van der Waals surface area contributed by atoms with Crippen LogP contribution in [0.1, 0.15) is 61.4 Å². The maximum atomic E-state index is 12.4. The highest BCUT2D eigenvalue weighted by Crippen LogP contribution is 2.57. The van der Waals surface area contributed by atoms with Gasteiger partial charge < -0.3 is 20.6 Å². The van der Waals surface area contributed by atoms with E-state index >= 15 is 0 Å². The molecule has 2 aliphatic rings. The van der Waals surface area contributed by atoms with Gasteiger partial charge in [0.1, 0.15) is 0 Å². The second-order valence-corrected chi connectivity index (χ2v) is 11.3. The predicted octanol–water partition coefficient (Wildman–Crippen LogP) is 4.12. The minimum absolute atomic E-state index is 0.106. The minimum Gasteiger partial charge on any atom is -0.504 e. The maximum Gasteiger partial charge on any atom is 0.207 e. The molecule has 7 heteroatoms. The van der Waals surface area contributed by atoms with Gasteiger partial charge >= 0.3 is 0 Å². The van der Waals surface area contributed by atoms with Crippen molar-refractivity contribution in [3.8, 4) is 11.5 Å². The summed E-state index contributed by atoms with van der Waals surface area (Å²) in [4.78, 5) is 17.9. The number of pyridine rings is 1. The van der Waals surface area contributed by atoms with Crippen LogP contribution in [0.15, 0.2) is 42.5 Å². The average Bonchev–Trinajstić information content (AvgIpc) is 2.88. The van der Waals surface area contributed by atoms with Crippen molar-refractivity contribution in [3.05, 3.63) is 64.8 Å². The lowest BCUT2D eigenvalue weighted by Crippen LogP contribution is -2.71. The summed E-state index contributed by atoms with van der Waals surface area (Å²) in [5.74, 6) is -0.260. The average molecular weight is 518 g/mol. The van der Waals surface area contributed by atoms with E-state index in [9.17, 15) is 20.1 Å². The number of carbonyl (C=O) groups excluding carboxylic acids is 1. The number of aromatic nitrogens is 1. The number of hydrogen-bond acceptors (Lipinski definition) is 6. The molecule has 1 saturated heterocycles. The molecule has 38 heavy (non-hydrogen) atoms. The summed E-state index contributed by atoms with van der Waals surface area (Å²) < 4.78 is 0. The molecular formula is C31H39N3O4. The number of amides is 1. The number of aryl methyl sites for hydroxylation is 1. The number of hydrogen-bond donors (Lipinski definition) is 4. The van der Waals surface area contributed by atoms with Crippen LogP contribution in [0.2, 0.25) is 0 Å². The first kappa shape index (κ1) is 26.4. The van der Waals surface area contributed by atoms with Gasteiger partial charge in [-0.05, 0) is 81.9 Å². The van der Waals surface area contributed by atoms with Gasteiger partial charge in [-0.3, -0.25) is 14.7 Å². The van der Waals surface area contributed by atoms with Crippen LogP contribution in [0.3, 0.4) is 0 Å². The van der Waals surface area contributed by atoms with Crippen molar-refractivity contribution in [2.45, 2.75) is 75.9 Å². The Bertz CT molecular complexity index is 1320. The second kappa shape index (κ2) is 10.5. The van der Waals surface area contributed by atoms with E-state index in [1.165, 1.54) is 0 Å². The third-order valence-electron chi connectivity index (χ3n) is 9.11.